The predicted octanol–water partition coefficient (Wildman–Crippen LogP) is 1.60. The van der Waals surface area contributed by atoms with Crippen molar-refractivity contribution in [1.82, 2.24) is 10.2 Å². The highest BCUT2D eigenvalue weighted by Gasteiger charge is 2.07. The summed E-state index contributed by atoms with van der Waals surface area (Å²) in [5, 5.41) is 6.07. The molecule has 0 spiro atoms. The van der Waals surface area contributed by atoms with E-state index in [0.29, 0.717) is 6.54 Å². The topological polar surface area (TPSA) is 44.4 Å². The van der Waals surface area contributed by atoms with Gasteiger partial charge in [0.2, 0.25) is 0 Å². The van der Waals surface area contributed by atoms with Crippen molar-refractivity contribution >= 4 is 27.5 Å². The van der Waals surface area contributed by atoms with Crippen LogP contribution in [0.3, 0.4) is 0 Å². The van der Waals surface area contributed by atoms with Crippen LogP contribution in [0.4, 0.5) is 5.69 Å². The van der Waals surface area contributed by atoms with Gasteiger partial charge in [-0.2, -0.15) is 0 Å². The fourth-order valence-corrected chi connectivity index (χ4v) is 2.57. The molecule has 4 nitrogen and oxygen atoms in total. The first-order valence-corrected chi connectivity index (χ1v) is 7.43. The second kappa shape index (κ2) is 7.44. The lowest BCUT2D eigenvalue weighted by atomic mass is 10.2. The zero-order valence-corrected chi connectivity index (χ0v) is 13.1. The summed E-state index contributed by atoms with van der Waals surface area (Å²) in [6.45, 7) is 6.60. The molecule has 1 aliphatic rings. The van der Waals surface area contributed by atoms with Crippen molar-refractivity contribution in [1.29, 1.82) is 0 Å². The summed E-state index contributed by atoms with van der Waals surface area (Å²) in [6, 6.07) is 5.79. The molecule has 5 heteroatoms. The van der Waals surface area contributed by atoms with Gasteiger partial charge in [0.1, 0.15) is 0 Å². The number of halogens is 1. The third-order valence-electron chi connectivity index (χ3n) is 3.09. The number of aryl methyl sites for hydroxylation is 1. The van der Waals surface area contributed by atoms with Gasteiger partial charge >= 0.3 is 0 Å². The van der Waals surface area contributed by atoms with Crippen LogP contribution in [-0.4, -0.2) is 43.5 Å². The van der Waals surface area contributed by atoms with E-state index in [2.05, 4.69) is 43.3 Å². The number of amides is 1. The third-order valence-corrected chi connectivity index (χ3v) is 3.74. The van der Waals surface area contributed by atoms with Crippen LogP contribution in [0.1, 0.15) is 5.56 Å². The van der Waals surface area contributed by atoms with E-state index in [1.54, 1.807) is 0 Å². The van der Waals surface area contributed by atoms with Crippen LogP contribution < -0.4 is 10.6 Å². The molecule has 1 fully saturated rings. The number of hydrogen-bond acceptors (Lipinski definition) is 3. The van der Waals surface area contributed by atoms with Crippen LogP contribution in [-0.2, 0) is 4.79 Å². The lowest BCUT2D eigenvalue weighted by molar-refractivity contribution is -0.111. The molecule has 1 aliphatic heterocycles. The van der Waals surface area contributed by atoms with Gasteiger partial charge in [0.05, 0.1) is 12.2 Å². The minimum absolute atomic E-state index is 0.273. The Morgan fingerprint density at radius 1 is 1.45 bits per heavy atom. The summed E-state index contributed by atoms with van der Waals surface area (Å²) in [5.41, 5.74) is 1.89. The second-order valence-corrected chi connectivity index (χ2v) is 5.62. The molecule has 1 heterocycles. The predicted molar refractivity (Wildman–Crippen MR) is 84.6 cm³/mol. The lowest BCUT2D eigenvalue weighted by Gasteiger charge is -2.24. The minimum atomic E-state index is -0.273. The van der Waals surface area contributed by atoms with E-state index in [-0.39, 0.29) is 5.91 Å². The fraction of sp³-hybridized carbons (Fsp3) is 0.400. The van der Waals surface area contributed by atoms with Crippen LogP contribution in [0.2, 0.25) is 0 Å². The summed E-state index contributed by atoms with van der Waals surface area (Å²) in [5.74, 6) is 5.29. The molecule has 0 aliphatic carbocycles. The van der Waals surface area contributed by atoms with Crippen LogP contribution in [0.25, 0.3) is 0 Å². The monoisotopic (exact) mass is 335 g/mol. The van der Waals surface area contributed by atoms with Gasteiger partial charge in [0.15, 0.2) is 0 Å². The van der Waals surface area contributed by atoms with E-state index in [9.17, 15) is 4.79 Å². The van der Waals surface area contributed by atoms with Gasteiger partial charge in [0, 0.05) is 30.7 Å². The molecule has 1 amide bonds. The number of benzene rings is 1. The molecule has 0 atom stereocenters. The molecule has 0 saturated carbocycles. The van der Waals surface area contributed by atoms with Gasteiger partial charge in [-0.15, -0.1) is 0 Å². The quantitative estimate of drug-likeness (QED) is 0.807. The van der Waals surface area contributed by atoms with E-state index in [4.69, 9.17) is 0 Å². The van der Waals surface area contributed by atoms with Crippen LogP contribution in [0.15, 0.2) is 22.7 Å². The molecule has 106 valence electrons. The maximum absolute atomic E-state index is 11.8. The first-order valence-electron chi connectivity index (χ1n) is 6.64. The van der Waals surface area contributed by atoms with Crippen molar-refractivity contribution in [3.63, 3.8) is 0 Å². The Kier molecular flexibility index (Phi) is 5.60. The molecule has 20 heavy (non-hydrogen) atoms. The maximum atomic E-state index is 11.8. The maximum Gasteiger partial charge on any atom is 0.300 e. The molecule has 1 aromatic carbocycles. The van der Waals surface area contributed by atoms with Crippen molar-refractivity contribution in [2.45, 2.75) is 6.92 Å². The average molecular weight is 336 g/mol. The van der Waals surface area contributed by atoms with Gasteiger partial charge < -0.3 is 10.6 Å². The molecule has 0 aromatic heterocycles. The number of anilines is 1. The first kappa shape index (κ1) is 15.0. The van der Waals surface area contributed by atoms with Gasteiger partial charge in [0.25, 0.3) is 5.91 Å². The first-order chi connectivity index (χ1) is 9.65. The van der Waals surface area contributed by atoms with E-state index in [0.717, 1.165) is 41.9 Å². The smallest absolute Gasteiger partial charge is 0.300 e. The Balaban J connectivity index is 1.86. The number of nitrogens with zero attached hydrogens (tertiary/aromatic N) is 1. The number of carbonyl (C=O) groups is 1. The van der Waals surface area contributed by atoms with E-state index in [1.165, 1.54) is 0 Å². The van der Waals surface area contributed by atoms with Crippen molar-refractivity contribution < 1.29 is 4.79 Å². The number of rotatable bonds is 2. The second-order valence-electron chi connectivity index (χ2n) is 4.77. The normalized spacial score (nSPS) is 15.3. The number of piperazine rings is 1. The van der Waals surface area contributed by atoms with Gasteiger partial charge in [-0.05, 0) is 46.5 Å². The molecule has 1 saturated heterocycles. The highest BCUT2D eigenvalue weighted by molar-refractivity contribution is 9.10. The summed E-state index contributed by atoms with van der Waals surface area (Å²) in [6.07, 6.45) is 0. The average Bonchev–Trinajstić information content (AvgIpc) is 2.43. The number of carbonyl (C=O) groups excluding carboxylic acids is 1. The SMILES string of the molecule is Cc1ccc(NC(=O)C#CCN2CCNCC2)c(Br)c1. The molecule has 1 aromatic rings. The van der Waals surface area contributed by atoms with Crippen molar-refractivity contribution in [2.24, 2.45) is 0 Å². The zero-order chi connectivity index (χ0) is 14.4. The highest BCUT2D eigenvalue weighted by Crippen LogP contribution is 2.23. The molecule has 0 radical (unpaired) electrons. The molecule has 2 N–H and O–H groups in total. The van der Waals surface area contributed by atoms with E-state index < -0.39 is 0 Å². The minimum Gasteiger partial charge on any atom is -0.314 e. The van der Waals surface area contributed by atoms with Gasteiger partial charge in [-0.25, -0.2) is 0 Å². The van der Waals surface area contributed by atoms with Gasteiger partial charge in [-0.3, -0.25) is 9.69 Å². The van der Waals surface area contributed by atoms with Crippen LogP contribution in [0, 0.1) is 18.8 Å². The zero-order valence-electron chi connectivity index (χ0n) is 11.5. The van der Waals surface area contributed by atoms with Gasteiger partial charge in [-0.1, -0.05) is 12.0 Å². The van der Waals surface area contributed by atoms with E-state index in [1.807, 2.05) is 25.1 Å². The van der Waals surface area contributed by atoms with Crippen LogP contribution in [0.5, 0.6) is 0 Å². The molecular weight excluding hydrogens is 318 g/mol. The standard InChI is InChI=1S/C15H18BrN3O/c1-12-4-5-14(13(16)11-12)18-15(20)3-2-8-19-9-6-17-7-10-19/h4-5,11,17H,6-10H2,1H3,(H,18,20). The van der Waals surface area contributed by atoms with Crippen molar-refractivity contribution in [3.05, 3.63) is 28.2 Å². The Bertz CT molecular complexity index is 542. The largest absolute Gasteiger partial charge is 0.314 e. The van der Waals surface area contributed by atoms with E-state index >= 15 is 0 Å². The molecule has 2 rings (SSSR count). The van der Waals surface area contributed by atoms with Crippen LogP contribution >= 0.6 is 15.9 Å². The summed E-state index contributed by atoms with van der Waals surface area (Å²) in [4.78, 5) is 14.0. The highest BCUT2D eigenvalue weighted by atomic mass is 79.9. The summed E-state index contributed by atoms with van der Waals surface area (Å²) < 4.78 is 0.870. The third kappa shape index (κ3) is 4.64. The Labute approximate surface area is 128 Å². The Hall–Kier alpha value is -1.35. The lowest BCUT2D eigenvalue weighted by Crippen LogP contribution is -2.43. The number of nitrogens with one attached hydrogen (secondary N) is 2. The number of hydrogen-bond donors (Lipinski definition) is 2. The summed E-state index contributed by atoms with van der Waals surface area (Å²) >= 11 is 3.43. The molecule has 0 bridgehead atoms. The summed E-state index contributed by atoms with van der Waals surface area (Å²) in [7, 11) is 0. The van der Waals surface area contributed by atoms with Crippen molar-refractivity contribution in [3.8, 4) is 11.8 Å². The molecule has 0 unspecified atom stereocenters. The Morgan fingerprint density at radius 3 is 2.90 bits per heavy atom. The fourth-order valence-electron chi connectivity index (χ4n) is 1.98. The Morgan fingerprint density at radius 2 is 2.20 bits per heavy atom. The van der Waals surface area contributed by atoms with Crippen molar-refractivity contribution in [2.75, 3.05) is 38.0 Å². The molecular formula is C15H18BrN3O.